The number of hydrogen-bond donors (Lipinski definition) is 2. The number of carbonyl (C=O) groups excluding carboxylic acids is 1. The molecule has 0 saturated heterocycles. The summed E-state index contributed by atoms with van der Waals surface area (Å²) in [6, 6.07) is 3.11. The summed E-state index contributed by atoms with van der Waals surface area (Å²) in [7, 11) is 3.29. The van der Waals surface area contributed by atoms with Crippen molar-refractivity contribution in [2.24, 2.45) is 4.99 Å². The highest BCUT2D eigenvalue weighted by molar-refractivity contribution is 5.84. The third-order valence-electron chi connectivity index (χ3n) is 2.83. The molecular formula is C16H22F2N4O2. The molecule has 0 aliphatic carbocycles. The second-order valence-electron chi connectivity index (χ2n) is 4.97. The van der Waals surface area contributed by atoms with Crippen molar-refractivity contribution in [3.63, 3.8) is 0 Å². The molecule has 0 atom stereocenters. The molecule has 6 nitrogen and oxygen atoms in total. The topological polar surface area (TPSA) is 66.0 Å². The molecule has 1 amide bonds. The molecule has 0 aliphatic rings. The summed E-state index contributed by atoms with van der Waals surface area (Å²) in [5.41, 5.74) is 0. The fourth-order valence-corrected chi connectivity index (χ4v) is 1.55. The maximum absolute atomic E-state index is 13.4. The lowest BCUT2D eigenvalue weighted by Gasteiger charge is -2.13. The molecule has 8 heteroatoms. The molecule has 24 heavy (non-hydrogen) atoms. The van der Waals surface area contributed by atoms with E-state index in [1.807, 2.05) is 0 Å². The van der Waals surface area contributed by atoms with E-state index >= 15 is 0 Å². The maximum Gasteiger partial charge on any atom is 0.243 e. The molecular weight excluding hydrogens is 318 g/mol. The van der Waals surface area contributed by atoms with Gasteiger partial charge in [-0.25, -0.2) is 13.8 Å². The molecule has 2 N–H and O–H groups in total. The number of ether oxygens (including phenoxy) is 1. The highest BCUT2D eigenvalue weighted by atomic mass is 19.1. The predicted octanol–water partition coefficient (Wildman–Crippen LogP) is 1.15. The van der Waals surface area contributed by atoms with Gasteiger partial charge in [0.25, 0.3) is 0 Å². The number of carbonyl (C=O) groups is 1. The van der Waals surface area contributed by atoms with Gasteiger partial charge in [-0.3, -0.25) is 4.79 Å². The van der Waals surface area contributed by atoms with E-state index in [9.17, 15) is 13.6 Å². The van der Waals surface area contributed by atoms with E-state index in [1.165, 1.54) is 11.0 Å². The van der Waals surface area contributed by atoms with Crippen molar-refractivity contribution in [1.82, 2.24) is 15.5 Å². The zero-order chi connectivity index (χ0) is 17.9. The molecule has 0 fully saturated rings. The molecule has 0 heterocycles. The Kier molecular flexibility index (Phi) is 8.24. The summed E-state index contributed by atoms with van der Waals surface area (Å²) in [6.07, 6.45) is 1.65. The second-order valence-corrected chi connectivity index (χ2v) is 4.97. The summed E-state index contributed by atoms with van der Waals surface area (Å²) in [5, 5.41) is 5.90. The van der Waals surface area contributed by atoms with Crippen molar-refractivity contribution >= 4 is 11.9 Å². The first-order chi connectivity index (χ1) is 11.4. The van der Waals surface area contributed by atoms with E-state index in [0.29, 0.717) is 19.0 Å². The first-order valence-electron chi connectivity index (χ1n) is 7.35. The number of halogens is 2. The molecule has 132 valence electrons. The first-order valence-corrected chi connectivity index (χ1v) is 7.35. The predicted molar refractivity (Wildman–Crippen MR) is 89.1 cm³/mol. The van der Waals surface area contributed by atoms with E-state index < -0.39 is 11.6 Å². The van der Waals surface area contributed by atoms with Gasteiger partial charge in [-0.05, 0) is 12.1 Å². The Bertz CT molecular complexity index is 591. The van der Waals surface area contributed by atoms with Crippen LogP contribution >= 0.6 is 0 Å². The van der Waals surface area contributed by atoms with Gasteiger partial charge in [0.15, 0.2) is 17.5 Å². The number of benzene rings is 1. The van der Waals surface area contributed by atoms with E-state index in [2.05, 4.69) is 22.2 Å². The van der Waals surface area contributed by atoms with Crippen molar-refractivity contribution < 1.29 is 18.3 Å². The summed E-state index contributed by atoms with van der Waals surface area (Å²) in [4.78, 5) is 17.1. The van der Waals surface area contributed by atoms with Gasteiger partial charge in [-0.1, -0.05) is 6.08 Å². The van der Waals surface area contributed by atoms with Crippen LogP contribution in [0, 0.1) is 11.6 Å². The second kappa shape index (κ2) is 10.2. The van der Waals surface area contributed by atoms with Crippen LogP contribution in [0.2, 0.25) is 0 Å². The van der Waals surface area contributed by atoms with Crippen molar-refractivity contribution in [3.05, 3.63) is 42.5 Å². The van der Waals surface area contributed by atoms with Crippen LogP contribution in [-0.2, 0) is 4.79 Å². The van der Waals surface area contributed by atoms with E-state index in [4.69, 9.17) is 4.74 Å². The minimum absolute atomic E-state index is 0.00702. The summed E-state index contributed by atoms with van der Waals surface area (Å²) >= 11 is 0. The molecule has 0 spiro atoms. The number of likely N-dealkylation sites (N-methyl/N-ethyl adjacent to an activating group) is 1. The Hall–Kier alpha value is -2.64. The van der Waals surface area contributed by atoms with Crippen molar-refractivity contribution in [2.75, 3.05) is 40.3 Å². The number of amides is 1. The maximum atomic E-state index is 13.4. The van der Waals surface area contributed by atoms with Gasteiger partial charge in [0.2, 0.25) is 5.91 Å². The fourth-order valence-electron chi connectivity index (χ4n) is 1.55. The van der Waals surface area contributed by atoms with E-state index in [0.717, 1.165) is 12.1 Å². The van der Waals surface area contributed by atoms with Crippen LogP contribution in [0.1, 0.15) is 0 Å². The van der Waals surface area contributed by atoms with Crippen molar-refractivity contribution in [3.8, 4) is 5.75 Å². The fraction of sp³-hybridized carbons (Fsp3) is 0.375. The molecule has 1 aromatic rings. The molecule has 0 bridgehead atoms. The van der Waals surface area contributed by atoms with Gasteiger partial charge in [0.05, 0.1) is 6.54 Å². The molecule has 0 aliphatic heterocycles. The standard InChI is InChI=1S/C16H22F2N4O2/c1-4-7-19-16(21-11-15(23)22(2)3)20-8-9-24-14-6-5-12(17)10-13(14)18/h4-6,10H,1,7-9,11H2,2-3H3,(H2,19,20,21). The van der Waals surface area contributed by atoms with Crippen LogP contribution in [0.15, 0.2) is 35.8 Å². The largest absolute Gasteiger partial charge is 0.489 e. The number of nitrogens with one attached hydrogen (secondary N) is 2. The van der Waals surface area contributed by atoms with Crippen LogP contribution in [0.3, 0.4) is 0 Å². The third-order valence-corrected chi connectivity index (χ3v) is 2.83. The minimum atomic E-state index is -0.759. The lowest BCUT2D eigenvalue weighted by molar-refractivity contribution is -0.127. The molecule has 1 rings (SSSR count). The van der Waals surface area contributed by atoms with Gasteiger partial charge < -0.3 is 20.3 Å². The Morgan fingerprint density at radius 3 is 2.75 bits per heavy atom. The normalized spacial score (nSPS) is 10.9. The highest BCUT2D eigenvalue weighted by Crippen LogP contribution is 2.17. The van der Waals surface area contributed by atoms with Crippen molar-refractivity contribution in [1.29, 1.82) is 0 Å². The lowest BCUT2D eigenvalue weighted by atomic mass is 10.3. The highest BCUT2D eigenvalue weighted by Gasteiger charge is 2.06. The first kappa shape index (κ1) is 19.4. The SMILES string of the molecule is C=CCNC(=NCC(=O)N(C)C)NCCOc1ccc(F)cc1F. The van der Waals surface area contributed by atoms with Crippen LogP contribution in [-0.4, -0.2) is 57.1 Å². The summed E-state index contributed by atoms with van der Waals surface area (Å²) < 4.78 is 31.4. The van der Waals surface area contributed by atoms with Gasteiger partial charge in [0, 0.05) is 26.7 Å². The van der Waals surface area contributed by atoms with Gasteiger partial charge in [-0.2, -0.15) is 0 Å². The Labute approximate surface area is 140 Å². The number of hydrogen-bond acceptors (Lipinski definition) is 3. The molecule has 0 saturated carbocycles. The number of guanidine groups is 1. The van der Waals surface area contributed by atoms with E-state index in [1.54, 1.807) is 20.2 Å². The van der Waals surface area contributed by atoms with E-state index in [-0.39, 0.29) is 24.8 Å². The zero-order valence-corrected chi connectivity index (χ0v) is 13.8. The number of nitrogens with zero attached hydrogens (tertiary/aromatic N) is 2. The van der Waals surface area contributed by atoms with Gasteiger partial charge in [0.1, 0.15) is 19.0 Å². The van der Waals surface area contributed by atoms with Gasteiger partial charge in [-0.15, -0.1) is 6.58 Å². The number of rotatable bonds is 8. The zero-order valence-electron chi connectivity index (χ0n) is 13.8. The van der Waals surface area contributed by atoms with Crippen LogP contribution in [0.4, 0.5) is 8.78 Å². The quantitative estimate of drug-likeness (QED) is 0.323. The Morgan fingerprint density at radius 2 is 2.12 bits per heavy atom. The smallest absolute Gasteiger partial charge is 0.243 e. The third kappa shape index (κ3) is 7.08. The Morgan fingerprint density at radius 1 is 1.38 bits per heavy atom. The summed E-state index contributed by atoms with van der Waals surface area (Å²) in [5.74, 6) is -1.18. The minimum Gasteiger partial charge on any atom is -0.489 e. The average molecular weight is 340 g/mol. The Balaban J connectivity index is 2.47. The lowest BCUT2D eigenvalue weighted by Crippen LogP contribution is -2.40. The van der Waals surface area contributed by atoms with Crippen LogP contribution < -0.4 is 15.4 Å². The molecule has 0 aromatic heterocycles. The number of aliphatic imine (C=N–C) groups is 1. The molecule has 0 unspecified atom stereocenters. The monoisotopic (exact) mass is 340 g/mol. The summed E-state index contributed by atoms with van der Waals surface area (Å²) in [6.45, 7) is 4.51. The molecule has 1 aromatic carbocycles. The van der Waals surface area contributed by atoms with Crippen LogP contribution in [0.5, 0.6) is 5.75 Å². The average Bonchev–Trinajstić information content (AvgIpc) is 2.54. The molecule has 0 radical (unpaired) electrons. The van der Waals surface area contributed by atoms with Gasteiger partial charge >= 0.3 is 0 Å². The van der Waals surface area contributed by atoms with Crippen molar-refractivity contribution in [2.45, 2.75) is 0 Å². The van der Waals surface area contributed by atoms with Crippen LogP contribution in [0.25, 0.3) is 0 Å².